The number of nitriles is 1. The summed E-state index contributed by atoms with van der Waals surface area (Å²) in [4.78, 5) is 11.2. The second-order valence-electron chi connectivity index (χ2n) is 4.17. The van der Waals surface area contributed by atoms with Crippen LogP contribution in [-0.2, 0) is 5.41 Å². The third-order valence-corrected chi connectivity index (χ3v) is 3.13. The molecular formula is C13H9NO2. The van der Waals surface area contributed by atoms with Crippen molar-refractivity contribution in [2.45, 2.75) is 18.3 Å². The lowest BCUT2D eigenvalue weighted by Crippen LogP contribution is -2.05. The molecule has 1 aromatic heterocycles. The molecule has 78 valence electrons. The van der Waals surface area contributed by atoms with E-state index in [0.717, 1.165) is 23.8 Å². The van der Waals surface area contributed by atoms with Crippen LogP contribution in [0.4, 0.5) is 0 Å². The topological polar surface area (TPSA) is 54.0 Å². The van der Waals surface area contributed by atoms with E-state index in [2.05, 4.69) is 6.07 Å². The number of benzene rings is 1. The molecule has 0 unspecified atom stereocenters. The predicted octanol–water partition coefficient (Wildman–Crippen LogP) is 2.35. The highest BCUT2D eigenvalue weighted by molar-refractivity contribution is 5.81. The van der Waals surface area contributed by atoms with Gasteiger partial charge >= 0.3 is 5.63 Å². The van der Waals surface area contributed by atoms with Crippen LogP contribution in [-0.4, -0.2) is 0 Å². The lowest BCUT2D eigenvalue weighted by molar-refractivity contribution is 0.554. The standard InChI is InChI=1S/C13H9NO2/c14-8-13(6-7-13)10-3-1-2-9-4-5-11(15)16-12(9)10/h1-5H,6-7H2. The van der Waals surface area contributed by atoms with Gasteiger partial charge in [-0.2, -0.15) is 5.26 Å². The monoisotopic (exact) mass is 211 g/mol. The van der Waals surface area contributed by atoms with E-state index in [1.54, 1.807) is 6.07 Å². The average molecular weight is 211 g/mol. The summed E-state index contributed by atoms with van der Waals surface area (Å²) < 4.78 is 5.21. The van der Waals surface area contributed by atoms with Crippen molar-refractivity contribution < 1.29 is 4.42 Å². The summed E-state index contributed by atoms with van der Waals surface area (Å²) in [6, 6.07) is 11.1. The normalized spacial score (nSPS) is 16.9. The first-order valence-electron chi connectivity index (χ1n) is 5.20. The number of hydrogen-bond acceptors (Lipinski definition) is 3. The molecule has 16 heavy (non-hydrogen) atoms. The van der Waals surface area contributed by atoms with E-state index < -0.39 is 5.41 Å². The van der Waals surface area contributed by atoms with Crippen LogP contribution in [0.1, 0.15) is 18.4 Å². The number of nitrogens with zero attached hydrogens (tertiary/aromatic N) is 1. The Morgan fingerprint density at radius 1 is 1.25 bits per heavy atom. The van der Waals surface area contributed by atoms with Gasteiger partial charge in [-0.25, -0.2) is 4.79 Å². The zero-order valence-electron chi connectivity index (χ0n) is 8.56. The molecule has 1 aliphatic rings. The third-order valence-electron chi connectivity index (χ3n) is 3.13. The molecule has 0 atom stereocenters. The smallest absolute Gasteiger partial charge is 0.336 e. The van der Waals surface area contributed by atoms with Crippen LogP contribution in [0.15, 0.2) is 39.5 Å². The second-order valence-corrected chi connectivity index (χ2v) is 4.17. The summed E-state index contributed by atoms with van der Waals surface area (Å²) in [7, 11) is 0. The summed E-state index contributed by atoms with van der Waals surface area (Å²) in [5.74, 6) is 0. The Kier molecular flexibility index (Phi) is 1.69. The summed E-state index contributed by atoms with van der Waals surface area (Å²) in [6.07, 6.45) is 1.70. The van der Waals surface area contributed by atoms with Crippen LogP contribution in [0, 0.1) is 11.3 Å². The Morgan fingerprint density at radius 2 is 2.06 bits per heavy atom. The first kappa shape index (κ1) is 9.17. The van der Waals surface area contributed by atoms with Crippen molar-refractivity contribution in [1.82, 2.24) is 0 Å². The molecule has 0 saturated heterocycles. The highest BCUT2D eigenvalue weighted by Crippen LogP contribution is 2.49. The van der Waals surface area contributed by atoms with E-state index in [1.165, 1.54) is 6.07 Å². The van der Waals surface area contributed by atoms with Crippen molar-refractivity contribution in [1.29, 1.82) is 5.26 Å². The molecule has 3 heteroatoms. The average Bonchev–Trinajstić information content (AvgIpc) is 3.09. The van der Waals surface area contributed by atoms with Crippen LogP contribution in [0.25, 0.3) is 11.0 Å². The van der Waals surface area contributed by atoms with Crippen molar-refractivity contribution in [2.75, 3.05) is 0 Å². The summed E-state index contributed by atoms with van der Waals surface area (Å²) in [5.41, 5.74) is 0.629. The van der Waals surface area contributed by atoms with E-state index in [0.29, 0.717) is 5.58 Å². The molecule has 1 saturated carbocycles. The lowest BCUT2D eigenvalue weighted by atomic mass is 9.96. The van der Waals surface area contributed by atoms with Gasteiger partial charge in [-0.05, 0) is 18.9 Å². The van der Waals surface area contributed by atoms with E-state index in [-0.39, 0.29) is 5.63 Å². The Morgan fingerprint density at radius 3 is 2.75 bits per heavy atom. The molecule has 0 spiro atoms. The van der Waals surface area contributed by atoms with Gasteiger partial charge in [0.1, 0.15) is 5.58 Å². The van der Waals surface area contributed by atoms with Crippen molar-refractivity contribution in [3.8, 4) is 6.07 Å². The maximum atomic E-state index is 11.2. The molecule has 1 fully saturated rings. The van der Waals surface area contributed by atoms with E-state index in [4.69, 9.17) is 9.68 Å². The molecule has 0 amide bonds. The molecule has 0 radical (unpaired) electrons. The maximum Gasteiger partial charge on any atom is 0.336 e. The van der Waals surface area contributed by atoms with Crippen LogP contribution >= 0.6 is 0 Å². The Hall–Kier alpha value is -2.08. The van der Waals surface area contributed by atoms with E-state index in [9.17, 15) is 4.79 Å². The number of rotatable bonds is 1. The quantitative estimate of drug-likeness (QED) is 0.680. The predicted molar refractivity (Wildman–Crippen MR) is 59.0 cm³/mol. The van der Waals surface area contributed by atoms with E-state index in [1.807, 2.05) is 18.2 Å². The molecule has 1 aliphatic carbocycles. The molecule has 0 bridgehead atoms. The van der Waals surface area contributed by atoms with Gasteiger partial charge in [0.05, 0.1) is 11.5 Å². The maximum absolute atomic E-state index is 11.2. The second kappa shape index (κ2) is 2.96. The molecule has 3 nitrogen and oxygen atoms in total. The molecule has 3 rings (SSSR count). The highest BCUT2D eigenvalue weighted by atomic mass is 16.4. The zero-order chi connectivity index (χ0) is 11.2. The SMILES string of the molecule is N#CC1(c2cccc3ccc(=O)oc23)CC1. The Balaban J connectivity index is 2.38. The fourth-order valence-corrected chi connectivity index (χ4v) is 2.04. The van der Waals surface area contributed by atoms with Crippen molar-refractivity contribution in [3.05, 3.63) is 46.3 Å². The van der Waals surface area contributed by atoms with Gasteiger partial charge in [-0.3, -0.25) is 0 Å². The first-order chi connectivity index (χ1) is 7.75. The molecule has 0 aliphatic heterocycles. The van der Waals surface area contributed by atoms with Gasteiger partial charge in [0, 0.05) is 17.0 Å². The lowest BCUT2D eigenvalue weighted by Gasteiger charge is -2.08. The van der Waals surface area contributed by atoms with Crippen LogP contribution in [0.5, 0.6) is 0 Å². The minimum absolute atomic E-state index is 0.367. The summed E-state index contributed by atoms with van der Waals surface area (Å²) in [6.45, 7) is 0. The Labute approximate surface area is 91.9 Å². The van der Waals surface area contributed by atoms with Gasteiger partial charge in [-0.15, -0.1) is 0 Å². The zero-order valence-corrected chi connectivity index (χ0v) is 8.56. The van der Waals surface area contributed by atoms with Crippen molar-refractivity contribution >= 4 is 11.0 Å². The molecule has 1 heterocycles. The molecule has 1 aromatic carbocycles. The number of para-hydroxylation sites is 1. The van der Waals surface area contributed by atoms with Gasteiger partial charge in [0.15, 0.2) is 0 Å². The van der Waals surface area contributed by atoms with Crippen LogP contribution in [0.3, 0.4) is 0 Å². The van der Waals surface area contributed by atoms with Crippen molar-refractivity contribution in [2.24, 2.45) is 0 Å². The van der Waals surface area contributed by atoms with Crippen molar-refractivity contribution in [3.63, 3.8) is 0 Å². The number of fused-ring (bicyclic) bond motifs is 1. The molecular weight excluding hydrogens is 202 g/mol. The fourth-order valence-electron chi connectivity index (χ4n) is 2.04. The minimum atomic E-state index is -0.420. The third kappa shape index (κ3) is 1.17. The summed E-state index contributed by atoms with van der Waals surface area (Å²) in [5, 5.41) is 10.0. The van der Waals surface area contributed by atoms with E-state index >= 15 is 0 Å². The summed E-state index contributed by atoms with van der Waals surface area (Å²) >= 11 is 0. The fraction of sp³-hybridized carbons (Fsp3) is 0.231. The largest absolute Gasteiger partial charge is 0.422 e. The van der Waals surface area contributed by atoms with Gasteiger partial charge in [0.2, 0.25) is 0 Å². The number of hydrogen-bond donors (Lipinski definition) is 0. The highest BCUT2D eigenvalue weighted by Gasteiger charge is 2.46. The molecule has 2 aromatic rings. The van der Waals surface area contributed by atoms with Crippen LogP contribution < -0.4 is 5.63 Å². The first-order valence-corrected chi connectivity index (χ1v) is 5.20. The van der Waals surface area contributed by atoms with Crippen LogP contribution in [0.2, 0.25) is 0 Å². The minimum Gasteiger partial charge on any atom is -0.422 e. The Bertz CT molecular complexity index is 659. The van der Waals surface area contributed by atoms with Gasteiger partial charge in [0.25, 0.3) is 0 Å². The van der Waals surface area contributed by atoms with Gasteiger partial charge < -0.3 is 4.42 Å². The van der Waals surface area contributed by atoms with Gasteiger partial charge in [-0.1, -0.05) is 18.2 Å². The molecule has 0 N–H and O–H groups in total.